The molecule has 0 spiro atoms. The van der Waals surface area contributed by atoms with E-state index in [9.17, 15) is 18.0 Å². The average Bonchev–Trinajstić information content (AvgIpc) is 2.48. The summed E-state index contributed by atoms with van der Waals surface area (Å²) in [6.07, 6.45) is -2.85. The Bertz CT molecular complexity index is 482. The van der Waals surface area contributed by atoms with Gasteiger partial charge in [0.1, 0.15) is 0 Å². The van der Waals surface area contributed by atoms with E-state index in [1.807, 2.05) is 30.3 Å². The molecule has 0 aromatic heterocycles. The molecule has 0 radical (unpaired) electrons. The zero-order valence-corrected chi connectivity index (χ0v) is 12.3. The fourth-order valence-electron chi connectivity index (χ4n) is 2.83. The Morgan fingerprint density at radius 2 is 1.77 bits per heavy atom. The number of benzene rings is 1. The topological polar surface area (TPSA) is 55.1 Å². The Balaban J connectivity index is 1.78. The van der Waals surface area contributed by atoms with E-state index in [-0.39, 0.29) is 24.8 Å². The van der Waals surface area contributed by atoms with Gasteiger partial charge in [-0.25, -0.2) is 0 Å². The number of alkyl halides is 3. The van der Waals surface area contributed by atoms with Crippen molar-refractivity contribution >= 4 is 5.91 Å². The van der Waals surface area contributed by atoms with Crippen molar-refractivity contribution in [3.8, 4) is 0 Å². The summed E-state index contributed by atoms with van der Waals surface area (Å²) in [6.45, 7) is 0. The molecule has 0 heterocycles. The maximum absolute atomic E-state index is 12.6. The molecule has 6 heteroatoms. The Kier molecular flexibility index (Phi) is 5.45. The molecule has 0 unspecified atom stereocenters. The predicted octanol–water partition coefficient (Wildman–Crippen LogP) is 2.79. The highest BCUT2D eigenvalue weighted by Crippen LogP contribution is 2.37. The minimum Gasteiger partial charge on any atom is -0.352 e. The minimum absolute atomic E-state index is 0.0718. The van der Waals surface area contributed by atoms with E-state index in [0.717, 1.165) is 5.56 Å². The van der Waals surface area contributed by atoms with Gasteiger partial charge in [0.05, 0.1) is 12.0 Å². The Hall–Kier alpha value is -1.56. The van der Waals surface area contributed by atoms with Crippen LogP contribution in [0.4, 0.5) is 13.2 Å². The van der Waals surface area contributed by atoms with E-state index >= 15 is 0 Å². The van der Waals surface area contributed by atoms with E-state index in [4.69, 9.17) is 5.73 Å². The molecule has 1 aromatic carbocycles. The van der Waals surface area contributed by atoms with Crippen LogP contribution in [-0.4, -0.2) is 24.2 Å². The maximum atomic E-state index is 12.6. The monoisotopic (exact) mass is 314 g/mol. The normalized spacial score (nSPS) is 23.8. The van der Waals surface area contributed by atoms with E-state index in [2.05, 4.69) is 5.32 Å². The zero-order valence-electron chi connectivity index (χ0n) is 12.3. The summed E-state index contributed by atoms with van der Waals surface area (Å²) in [5, 5.41) is 2.78. The molecule has 1 aliphatic rings. The largest absolute Gasteiger partial charge is 0.391 e. The number of amides is 1. The van der Waals surface area contributed by atoms with Gasteiger partial charge < -0.3 is 11.1 Å². The molecule has 1 atom stereocenters. The molecule has 3 nitrogen and oxygen atoms in total. The molecule has 1 aliphatic carbocycles. The molecule has 0 saturated heterocycles. The number of carbonyl (C=O) groups is 1. The van der Waals surface area contributed by atoms with Gasteiger partial charge in [-0.15, -0.1) is 0 Å². The third-order valence-corrected chi connectivity index (χ3v) is 4.17. The number of hydrogen-bond donors (Lipinski definition) is 2. The second kappa shape index (κ2) is 7.13. The molecule has 1 fully saturated rings. The maximum Gasteiger partial charge on any atom is 0.391 e. The molecular formula is C16H21F3N2O. The second-order valence-electron chi connectivity index (χ2n) is 5.89. The summed E-state index contributed by atoms with van der Waals surface area (Å²) < 4.78 is 37.8. The zero-order chi connectivity index (χ0) is 16.2. The minimum atomic E-state index is -4.13. The lowest BCUT2D eigenvalue weighted by atomic mass is 9.85. The van der Waals surface area contributed by atoms with Crippen LogP contribution in [0.1, 0.15) is 31.2 Å². The van der Waals surface area contributed by atoms with Gasteiger partial charge in [0.2, 0.25) is 5.91 Å². The summed E-state index contributed by atoms with van der Waals surface area (Å²) in [5.41, 5.74) is 6.83. The lowest BCUT2D eigenvalue weighted by molar-refractivity contribution is -0.182. The van der Waals surface area contributed by atoms with Crippen LogP contribution in [0.15, 0.2) is 30.3 Å². The fourth-order valence-corrected chi connectivity index (χ4v) is 2.83. The SMILES string of the molecule is N[C@@H](Cc1ccccc1)C(=O)NC1CCC(C(F)(F)F)CC1. The van der Waals surface area contributed by atoms with Gasteiger partial charge >= 0.3 is 6.18 Å². The summed E-state index contributed by atoms with van der Waals surface area (Å²) in [5.74, 6) is -1.53. The Labute approximate surface area is 128 Å². The van der Waals surface area contributed by atoms with E-state index < -0.39 is 18.1 Å². The Morgan fingerprint density at radius 1 is 1.18 bits per heavy atom. The lowest BCUT2D eigenvalue weighted by Crippen LogP contribution is -2.48. The van der Waals surface area contributed by atoms with Crippen molar-refractivity contribution in [1.82, 2.24) is 5.32 Å². The van der Waals surface area contributed by atoms with Crippen molar-refractivity contribution in [3.63, 3.8) is 0 Å². The van der Waals surface area contributed by atoms with Crippen molar-refractivity contribution in [2.75, 3.05) is 0 Å². The number of nitrogens with two attached hydrogens (primary N) is 1. The van der Waals surface area contributed by atoms with Crippen LogP contribution in [0.5, 0.6) is 0 Å². The smallest absolute Gasteiger partial charge is 0.352 e. The number of halogens is 3. The van der Waals surface area contributed by atoms with Crippen LogP contribution in [0.2, 0.25) is 0 Å². The Morgan fingerprint density at radius 3 is 2.32 bits per heavy atom. The molecule has 0 bridgehead atoms. The first-order chi connectivity index (χ1) is 10.4. The number of nitrogens with one attached hydrogen (secondary N) is 1. The lowest BCUT2D eigenvalue weighted by Gasteiger charge is -2.30. The van der Waals surface area contributed by atoms with Crippen LogP contribution in [0.3, 0.4) is 0 Å². The van der Waals surface area contributed by atoms with Crippen molar-refractivity contribution in [1.29, 1.82) is 0 Å². The number of carbonyl (C=O) groups excluding carboxylic acids is 1. The summed E-state index contributed by atoms with van der Waals surface area (Å²) >= 11 is 0. The standard InChI is InChI=1S/C16H21F3N2O/c17-16(18,19)12-6-8-13(9-7-12)21-15(22)14(20)10-11-4-2-1-3-5-11/h1-5,12-14H,6-10,20H2,(H,21,22)/t12?,13?,14-/m0/s1. The van der Waals surface area contributed by atoms with E-state index in [0.29, 0.717) is 19.3 Å². The van der Waals surface area contributed by atoms with Gasteiger partial charge in [-0.05, 0) is 37.7 Å². The van der Waals surface area contributed by atoms with Gasteiger partial charge in [0, 0.05) is 6.04 Å². The first kappa shape index (κ1) is 16.8. The summed E-state index contributed by atoms with van der Waals surface area (Å²) in [6, 6.07) is 8.53. The molecule has 3 N–H and O–H groups in total. The molecule has 2 rings (SSSR count). The van der Waals surface area contributed by atoms with Gasteiger partial charge in [-0.2, -0.15) is 13.2 Å². The van der Waals surface area contributed by atoms with Gasteiger partial charge in [0.15, 0.2) is 0 Å². The third-order valence-electron chi connectivity index (χ3n) is 4.17. The molecule has 1 saturated carbocycles. The highest BCUT2D eigenvalue weighted by atomic mass is 19.4. The third kappa shape index (κ3) is 4.73. The van der Waals surface area contributed by atoms with Gasteiger partial charge in [-0.3, -0.25) is 4.79 Å². The molecular weight excluding hydrogens is 293 g/mol. The van der Waals surface area contributed by atoms with Crippen molar-refractivity contribution < 1.29 is 18.0 Å². The molecule has 1 amide bonds. The number of hydrogen-bond acceptors (Lipinski definition) is 2. The van der Waals surface area contributed by atoms with Crippen molar-refractivity contribution in [3.05, 3.63) is 35.9 Å². The summed E-state index contributed by atoms with van der Waals surface area (Å²) in [4.78, 5) is 12.0. The fraction of sp³-hybridized carbons (Fsp3) is 0.562. The van der Waals surface area contributed by atoms with Crippen LogP contribution in [0, 0.1) is 5.92 Å². The molecule has 1 aromatic rings. The van der Waals surface area contributed by atoms with Gasteiger partial charge in [-0.1, -0.05) is 30.3 Å². The average molecular weight is 314 g/mol. The van der Waals surface area contributed by atoms with Crippen LogP contribution in [0.25, 0.3) is 0 Å². The van der Waals surface area contributed by atoms with Crippen molar-refractivity contribution in [2.45, 2.75) is 50.4 Å². The van der Waals surface area contributed by atoms with Crippen molar-refractivity contribution in [2.24, 2.45) is 11.7 Å². The van der Waals surface area contributed by atoms with Crippen LogP contribution < -0.4 is 11.1 Å². The first-order valence-corrected chi connectivity index (χ1v) is 7.53. The molecule has 22 heavy (non-hydrogen) atoms. The second-order valence-corrected chi connectivity index (χ2v) is 5.89. The van der Waals surface area contributed by atoms with Crippen LogP contribution >= 0.6 is 0 Å². The van der Waals surface area contributed by atoms with Crippen LogP contribution in [-0.2, 0) is 11.2 Å². The predicted molar refractivity (Wildman–Crippen MR) is 78.1 cm³/mol. The number of rotatable bonds is 4. The quantitative estimate of drug-likeness (QED) is 0.898. The molecule has 122 valence electrons. The van der Waals surface area contributed by atoms with E-state index in [1.165, 1.54) is 0 Å². The first-order valence-electron chi connectivity index (χ1n) is 7.53. The molecule has 0 aliphatic heterocycles. The summed E-state index contributed by atoms with van der Waals surface area (Å²) in [7, 11) is 0. The highest BCUT2D eigenvalue weighted by molar-refractivity contribution is 5.82. The van der Waals surface area contributed by atoms with Gasteiger partial charge in [0.25, 0.3) is 0 Å². The highest BCUT2D eigenvalue weighted by Gasteiger charge is 2.41. The van der Waals surface area contributed by atoms with E-state index in [1.54, 1.807) is 0 Å².